The van der Waals surface area contributed by atoms with E-state index >= 15 is 0 Å². The zero-order chi connectivity index (χ0) is 14.2. The number of fused-ring (bicyclic) bond motifs is 1. The van der Waals surface area contributed by atoms with E-state index in [1.807, 2.05) is 18.2 Å². The second-order valence-corrected chi connectivity index (χ2v) is 6.79. The minimum Gasteiger partial charge on any atom is -0.458 e. The van der Waals surface area contributed by atoms with Crippen molar-refractivity contribution in [1.29, 1.82) is 0 Å². The molecule has 0 amide bonds. The standard InChI is InChI=1S/C16H21ClO2/c1-10(16(2,3)4)7-13(18)15-9-11-8-12(17)5-6-14(11)19-15/h5-6,8-10,13,18H,7H2,1-4H3. The van der Waals surface area contributed by atoms with Gasteiger partial charge in [-0.3, -0.25) is 0 Å². The molecule has 2 atom stereocenters. The molecular formula is C16H21ClO2. The minimum absolute atomic E-state index is 0.177. The Labute approximate surface area is 119 Å². The van der Waals surface area contributed by atoms with Crippen LogP contribution in [0.15, 0.2) is 28.7 Å². The summed E-state index contributed by atoms with van der Waals surface area (Å²) in [7, 11) is 0. The number of furan rings is 1. The maximum absolute atomic E-state index is 10.3. The van der Waals surface area contributed by atoms with Crippen molar-refractivity contribution < 1.29 is 9.52 Å². The highest BCUT2D eigenvalue weighted by molar-refractivity contribution is 6.31. The number of benzene rings is 1. The molecule has 1 aromatic heterocycles. The third-order valence-electron chi connectivity index (χ3n) is 3.88. The third kappa shape index (κ3) is 3.31. The average molecular weight is 281 g/mol. The lowest BCUT2D eigenvalue weighted by Gasteiger charge is -2.28. The van der Waals surface area contributed by atoms with Gasteiger partial charge in [-0.25, -0.2) is 0 Å². The lowest BCUT2D eigenvalue weighted by molar-refractivity contribution is 0.0939. The lowest BCUT2D eigenvalue weighted by atomic mass is 9.79. The van der Waals surface area contributed by atoms with Crippen molar-refractivity contribution in [3.63, 3.8) is 0 Å². The van der Waals surface area contributed by atoms with E-state index in [1.165, 1.54) is 0 Å². The molecule has 0 radical (unpaired) electrons. The summed E-state index contributed by atoms with van der Waals surface area (Å²) < 4.78 is 5.69. The topological polar surface area (TPSA) is 33.4 Å². The number of rotatable bonds is 3. The van der Waals surface area contributed by atoms with E-state index < -0.39 is 6.10 Å². The van der Waals surface area contributed by atoms with E-state index in [-0.39, 0.29) is 5.41 Å². The average Bonchev–Trinajstić information content (AvgIpc) is 2.70. The molecule has 0 aliphatic carbocycles. The Morgan fingerprint density at radius 3 is 2.58 bits per heavy atom. The summed E-state index contributed by atoms with van der Waals surface area (Å²) in [5.41, 5.74) is 0.943. The van der Waals surface area contributed by atoms with E-state index in [2.05, 4.69) is 27.7 Å². The van der Waals surface area contributed by atoms with E-state index in [0.717, 1.165) is 11.0 Å². The summed E-state index contributed by atoms with van der Waals surface area (Å²) in [4.78, 5) is 0. The van der Waals surface area contributed by atoms with Crippen LogP contribution in [0.5, 0.6) is 0 Å². The molecule has 2 unspecified atom stereocenters. The molecule has 0 aliphatic rings. The van der Waals surface area contributed by atoms with Gasteiger partial charge in [0.15, 0.2) is 0 Å². The summed E-state index contributed by atoms with van der Waals surface area (Å²) in [6.45, 7) is 8.71. The molecule has 19 heavy (non-hydrogen) atoms. The highest BCUT2D eigenvalue weighted by Gasteiger charge is 2.25. The molecule has 0 aliphatic heterocycles. The molecule has 0 spiro atoms. The van der Waals surface area contributed by atoms with Gasteiger partial charge in [0.25, 0.3) is 0 Å². The highest BCUT2D eigenvalue weighted by atomic mass is 35.5. The van der Waals surface area contributed by atoms with Crippen molar-refractivity contribution in [1.82, 2.24) is 0 Å². The summed E-state index contributed by atoms with van der Waals surface area (Å²) in [5, 5.41) is 11.9. The first kappa shape index (κ1) is 14.4. The second kappa shape index (κ2) is 5.18. The van der Waals surface area contributed by atoms with E-state index in [4.69, 9.17) is 16.0 Å². The minimum atomic E-state index is -0.569. The monoisotopic (exact) mass is 280 g/mol. The van der Waals surface area contributed by atoms with Crippen LogP contribution in [-0.4, -0.2) is 5.11 Å². The predicted molar refractivity (Wildman–Crippen MR) is 79.4 cm³/mol. The van der Waals surface area contributed by atoms with E-state index in [1.54, 1.807) is 6.07 Å². The fourth-order valence-electron chi connectivity index (χ4n) is 2.00. The summed E-state index contributed by atoms with van der Waals surface area (Å²) in [5.74, 6) is 1.02. The maximum Gasteiger partial charge on any atom is 0.134 e. The van der Waals surface area contributed by atoms with Gasteiger partial charge >= 0.3 is 0 Å². The van der Waals surface area contributed by atoms with Crippen LogP contribution in [-0.2, 0) is 0 Å². The Bertz CT molecular complexity index is 566. The number of hydrogen-bond donors (Lipinski definition) is 1. The fraction of sp³-hybridized carbons (Fsp3) is 0.500. The zero-order valence-corrected chi connectivity index (χ0v) is 12.7. The smallest absolute Gasteiger partial charge is 0.134 e. The zero-order valence-electron chi connectivity index (χ0n) is 11.9. The van der Waals surface area contributed by atoms with Crippen LogP contribution in [0.25, 0.3) is 11.0 Å². The number of hydrogen-bond acceptors (Lipinski definition) is 2. The van der Waals surface area contributed by atoms with Crippen molar-refractivity contribution in [3.05, 3.63) is 35.0 Å². The van der Waals surface area contributed by atoms with Gasteiger partial charge in [-0.1, -0.05) is 39.3 Å². The van der Waals surface area contributed by atoms with Crippen LogP contribution >= 0.6 is 11.6 Å². The Morgan fingerprint density at radius 2 is 1.95 bits per heavy atom. The maximum atomic E-state index is 10.3. The van der Waals surface area contributed by atoms with Crippen molar-refractivity contribution in [2.75, 3.05) is 0 Å². The first-order chi connectivity index (χ1) is 8.77. The van der Waals surface area contributed by atoms with Crippen molar-refractivity contribution in [2.24, 2.45) is 11.3 Å². The van der Waals surface area contributed by atoms with Gasteiger partial charge in [0.05, 0.1) is 0 Å². The van der Waals surface area contributed by atoms with Gasteiger partial charge in [-0.15, -0.1) is 0 Å². The molecule has 1 N–H and O–H groups in total. The third-order valence-corrected chi connectivity index (χ3v) is 4.12. The second-order valence-electron chi connectivity index (χ2n) is 6.35. The summed E-state index contributed by atoms with van der Waals surface area (Å²) in [6.07, 6.45) is 0.122. The van der Waals surface area contributed by atoms with Crippen molar-refractivity contribution in [3.8, 4) is 0 Å². The molecule has 104 valence electrons. The summed E-state index contributed by atoms with van der Waals surface area (Å²) in [6, 6.07) is 7.35. The van der Waals surface area contributed by atoms with Crippen molar-refractivity contribution in [2.45, 2.75) is 40.2 Å². The Hall–Kier alpha value is -0.990. The van der Waals surface area contributed by atoms with Crippen LogP contribution in [0, 0.1) is 11.3 Å². The molecule has 2 rings (SSSR count). The van der Waals surface area contributed by atoms with Crippen molar-refractivity contribution >= 4 is 22.6 Å². The van der Waals surface area contributed by atoms with Gasteiger partial charge in [-0.2, -0.15) is 0 Å². The van der Waals surface area contributed by atoms with Gasteiger partial charge in [-0.05, 0) is 42.0 Å². The van der Waals surface area contributed by atoms with Crippen LogP contribution in [0.1, 0.15) is 46.0 Å². The van der Waals surface area contributed by atoms with Crippen LogP contribution in [0.2, 0.25) is 5.02 Å². The molecule has 1 aromatic carbocycles. The first-order valence-corrected chi connectivity index (χ1v) is 7.02. The quantitative estimate of drug-likeness (QED) is 0.839. The molecular weight excluding hydrogens is 260 g/mol. The molecule has 3 heteroatoms. The number of halogens is 1. The van der Waals surface area contributed by atoms with Gasteiger partial charge in [0.1, 0.15) is 17.4 Å². The molecule has 2 aromatic rings. The molecule has 0 bridgehead atoms. The highest BCUT2D eigenvalue weighted by Crippen LogP contribution is 2.35. The Kier molecular flexibility index (Phi) is 3.93. The van der Waals surface area contributed by atoms with Gasteiger partial charge < -0.3 is 9.52 Å². The van der Waals surface area contributed by atoms with Gasteiger partial charge in [0.2, 0.25) is 0 Å². The van der Waals surface area contributed by atoms with E-state index in [0.29, 0.717) is 23.1 Å². The SMILES string of the molecule is CC(CC(O)c1cc2cc(Cl)ccc2o1)C(C)(C)C. The van der Waals surface area contributed by atoms with Crippen LogP contribution in [0.3, 0.4) is 0 Å². The predicted octanol–water partition coefficient (Wildman–Crippen LogP) is 5.19. The molecule has 0 fully saturated rings. The van der Waals surface area contributed by atoms with Gasteiger partial charge in [0, 0.05) is 10.4 Å². The first-order valence-electron chi connectivity index (χ1n) is 6.64. The Balaban J connectivity index is 2.20. The molecule has 0 saturated carbocycles. The van der Waals surface area contributed by atoms with E-state index in [9.17, 15) is 5.11 Å². The fourth-order valence-corrected chi connectivity index (χ4v) is 2.18. The molecule has 1 heterocycles. The normalized spacial score (nSPS) is 15.7. The summed E-state index contributed by atoms with van der Waals surface area (Å²) >= 11 is 5.95. The Morgan fingerprint density at radius 1 is 1.26 bits per heavy atom. The largest absolute Gasteiger partial charge is 0.458 e. The van der Waals surface area contributed by atoms with Crippen LogP contribution in [0.4, 0.5) is 0 Å². The van der Waals surface area contributed by atoms with Crippen LogP contribution < -0.4 is 0 Å². The lowest BCUT2D eigenvalue weighted by Crippen LogP contribution is -2.19. The number of aliphatic hydroxyl groups excluding tert-OH is 1. The molecule has 0 saturated heterocycles. The molecule has 2 nitrogen and oxygen atoms in total. The number of aliphatic hydroxyl groups is 1.